The van der Waals surface area contributed by atoms with Crippen LogP contribution < -0.4 is 10.1 Å². The van der Waals surface area contributed by atoms with E-state index in [2.05, 4.69) is 12.2 Å². The Morgan fingerprint density at radius 1 is 1.39 bits per heavy atom. The molecule has 0 aromatic heterocycles. The molecule has 0 fully saturated rings. The molecule has 0 amide bonds. The Balaban J connectivity index is 2.57. The Labute approximate surface area is 139 Å². The van der Waals surface area contributed by atoms with Gasteiger partial charge in [0.1, 0.15) is 0 Å². The standard InChI is InChI=1S/C17H27NO4S/c1-5-7-8-17(6-2)11-23(20,21)16-10-14(19)15(22-4)9-13(16)12(3)18-17/h9-10,12,18-19H,5-8,11H2,1-4H3/t12-,17-/m1/s1. The van der Waals surface area contributed by atoms with E-state index in [0.29, 0.717) is 11.3 Å². The van der Waals surface area contributed by atoms with Crippen molar-refractivity contribution >= 4 is 9.84 Å². The number of hydrogen-bond donors (Lipinski definition) is 2. The molecule has 23 heavy (non-hydrogen) atoms. The van der Waals surface area contributed by atoms with E-state index in [1.165, 1.54) is 13.2 Å². The second-order valence-corrected chi connectivity index (χ2v) is 8.38. The molecule has 130 valence electrons. The van der Waals surface area contributed by atoms with E-state index in [4.69, 9.17) is 4.74 Å². The lowest BCUT2D eigenvalue weighted by Crippen LogP contribution is -2.49. The van der Waals surface area contributed by atoms with Crippen molar-refractivity contribution in [3.63, 3.8) is 0 Å². The number of rotatable bonds is 5. The molecule has 1 aromatic rings. The van der Waals surface area contributed by atoms with Crippen molar-refractivity contribution < 1.29 is 18.3 Å². The summed E-state index contributed by atoms with van der Waals surface area (Å²) in [6, 6.07) is 2.83. The van der Waals surface area contributed by atoms with Gasteiger partial charge in [-0.1, -0.05) is 26.7 Å². The maximum Gasteiger partial charge on any atom is 0.180 e. The van der Waals surface area contributed by atoms with Crippen LogP contribution in [0.15, 0.2) is 17.0 Å². The molecule has 1 aromatic carbocycles. The number of phenols is 1. The van der Waals surface area contributed by atoms with Gasteiger partial charge in [-0.05, 0) is 31.4 Å². The maximum atomic E-state index is 12.9. The fraction of sp³-hybridized carbons (Fsp3) is 0.647. The van der Waals surface area contributed by atoms with Crippen LogP contribution in [0.3, 0.4) is 0 Å². The van der Waals surface area contributed by atoms with Crippen molar-refractivity contribution in [2.45, 2.75) is 62.9 Å². The SMILES string of the molecule is CCCC[C@]1(CC)CS(=O)(=O)c2cc(O)c(OC)cc2[C@@H](C)N1. The highest BCUT2D eigenvalue weighted by Crippen LogP contribution is 2.40. The number of methoxy groups -OCH3 is 1. The maximum absolute atomic E-state index is 12.9. The number of unbranched alkanes of at least 4 members (excludes halogenated alkanes) is 1. The van der Waals surface area contributed by atoms with Gasteiger partial charge in [-0.3, -0.25) is 0 Å². The number of nitrogens with one attached hydrogen (secondary N) is 1. The van der Waals surface area contributed by atoms with Gasteiger partial charge in [-0.25, -0.2) is 8.42 Å². The van der Waals surface area contributed by atoms with E-state index in [1.807, 2.05) is 13.8 Å². The van der Waals surface area contributed by atoms with Crippen LogP contribution in [-0.4, -0.2) is 31.9 Å². The third kappa shape index (κ3) is 3.48. The van der Waals surface area contributed by atoms with Crippen molar-refractivity contribution in [3.05, 3.63) is 17.7 Å². The van der Waals surface area contributed by atoms with Crippen LogP contribution in [0.2, 0.25) is 0 Å². The molecule has 5 nitrogen and oxygen atoms in total. The van der Waals surface area contributed by atoms with Gasteiger partial charge in [-0.15, -0.1) is 0 Å². The predicted molar refractivity (Wildman–Crippen MR) is 90.8 cm³/mol. The van der Waals surface area contributed by atoms with Gasteiger partial charge < -0.3 is 15.2 Å². The molecule has 0 aliphatic carbocycles. The summed E-state index contributed by atoms with van der Waals surface area (Å²) in [7, 11) is -2.03. The average Bonchev–Trinajstić information content (AvgIpc) is 2.58. The van der Waals surface area contributed by atoms with E-state index in [-0.39, 0.29) is 22.4 Å². The molecule has 6 heteroatoms. The normalized spacial score (nSPS) is 26.3. The molecule has 0 unspecified atom stereocenters. The smallest absolute Gasteiger partial charge is 0.180 e. The zero-order valence-electron chi connectivity index (χ0n) is 14.3. The summed E-state index contributed by atoms with van der Waals surface area (Å²) < 4.78 is 31.0. The lowest BCUT2D eigenvalue weighted by Gasteiger charge is -2.34. The molecule has 2 rings (SSSR count). The lowest BCUT2D eigenvalue weighted by atomic mass is 9.90. The number of fused-ring (bicyclic) bond motifs is 1. The fourth-order valence-electron chi connectivity index (χ4n) is 3.40. The molecule has 0 spiro atoms. The third-order valence-electron chi connectivity index (χ3n) is 4.79. The molecule has 1 heterocycles. The van der Waals surface area contributed by atoms with Gasteiger partial charge in [0.05, 0.1) is 17.8 Å². The summed E-state index contributed by atoms with van der Waals surface area (Å²) in [5.41, 5.74) is 0.224. The first-order valence-electron chi connectivity index (χ1n) is 8.20. The average molecular weight is 341 g/mol. The molecular formula is C17H27NO4S. The monoisotopic (exact) mass is 341 g/mol. The minimum absolute atomic E-state index is 0.0552. The van der Waals surface area contributed by atoms with E-state index in [9.17, 15) is 13.5 Å². The van der Waals surface area contributed by atoms with Gasteiger partial charge in [-0.2, -0.15) is 0 Å². The second-order valence-electron chi connectivity index (χ2n) is 6.42. The minimum atomic E-state index is -3.49. The Morgan fingerprint density at radius 2 is 2.09 bits per heavy atom. The van der Waals surface area contributed by atoms with Gasteiger partial charge in [0, 0.05) is 17.6 Å². The molecular weight excluding hydrogens is 314 g/mol. The number of sulfone groups is 1. The van der Waals surface area contributed by atoms with Crippen LogP contribution in [0.5, 0.6) is 11.5 Å². The number of hydrogen-bond acceptors (Lipinski definition) is 5. The van der Waals surface area contributed by atoms with E-state index < -0.39 is 15.4 Å². The Kier molecular flexibility index (Phi) is 5.26. The van der Waals surface area contributed by atoms with Gasteiger partial charge >= 0.3 is 0 Å². The molecule has 0 saturated carbocycles. The molecule has 1 aliphatic heterocycles. The highest BCUT2D eigenvalue weighted by molar-refractivity contribution is 7.91. The van der Waals surface area contributed by atoms with Crippen LogP contribution in [0.4, 0.5) is 0 Å². The molecule has 0 saturated heterocycles. The number of phenolic OH excluding ortho intramolecular Hbond substituents is 1. The van der Waals surface area contributed by atoms with Crippen LogP contribution in [0.1, 0.15) is 58.1 Å². The zero-order valence-corrected chi connectivity index (χ0v) is 15.2. The summed E-state index contributed by atoms with van der Waals surface area (Å²) in [5, 5.41) is 13.5. The first kappa shape index (κ1) is 18.1. The quantitative estimate of drug-likeness (QED) is 0.860. The summed E-state index contributed by atoms with van der Waals surface area (Å²) in [5.74, 6) is 0.212. The Morgan fingerprint density at radius 3 is 2.65 bits per heavy atom. The van der Waals surface area contributed by atoms with Crippen LogP contribution in [0.25, 0.3) is 0 Å². The fourth-order valence-corrected chi connectivity index (χ4v) is 5.60. The molecule has 2 atom stereocenters. The Hall–Kier alpha value is -1.27. The predicted octanol–water partition coefficient (Wildman–Crippen LogP) is 3.18. The topological polar surface area (TPSA) is 75.6 Å². The van der Waals surface area contributed by atoms with E-state index in [1.54, 1.807) is 6.07 Å². The number of benzene rings is 1. The van der Waals surface area contributed by atoms with Crippen molar-refractivity contribution in [1.29, 1.82) is 0 Å². The van der Waals surface area contributed by atoms with E-state index >= 15 is 0 Å². The van der Waals surface area contributed by atoms with Crippen molar-refractivity contribution in [2.24, 2.45) is 0 Å². The number of aromatic hydroxyl groups is 1. The van der Waals surface area contributed by atoms with Crippen LogP contribution in [-0.2, 0) is 9.84 Å². The number of ether oxygens (including phenoxy) is 1. The molecule has 2 N–H and O–H groups in total. The summed E-state index contributed by atoms with van der Waals surface area (Å²) in [6.45, 7) is 6.10. The first-order valence-corrected chi connectivity index (χ1v) is 9.85. The second kappa shape index (κ2) is 6.69. The molecule has 1 aliphatic rings. The summed E-state index contributed by atoms with van der Waals surface area (Å²) >= 11 is 0. The van der Waals surface area contributed by atoms with Crippen molar-refractivity contribution in [2.75, 3.05) is 12.9 Å². The van der Waals surface area contributed by atoms with Crippen molar-refractivity contribution in [3.8, 4) is 11.5 Å². The van der Waals surface area contributed by atoms with Crippen LogP contribution in [0, 0.1) is 0 Å². The highest BCUT2D eigenvalue weighted by atomic mass is 32.2. The zero-order chi connectivity index (χ0) is 17.3. The van der Waals surface area contributed by atoms with Gasteiger partial charge in [0.2, 0.25) is 0 Å². The molecule has 0 bridgehead atoms. The van der Waals surface area contributed by atoms with Gasteiger partial charge in [0.25, 0.3) is 0 Å². The highest BCUT2D eigenvalue weighted by Gasteiger charge is 2.40. The lowest BCUT2D eigenvalue weighted by molar-refractivity contribution is 0.286. The third-order valence-corrected chi connectivity index (χ3v) is 6.74. The minimum Gasteiger partial charge on any atom is -0.504 e. The van der Waals surface area contributed by atoms with Gasteiger partial charge in [0.15, 0.2) is 21.3 Å². The first-order chi connectivity index (χ1) is 10.8. The molecule has 0 radical (unpaired) electrons. The largest absolute Gasteiger partial charge is 0.504 e. The summed E-state index contributed by atoms with van der Waals surface area (Å²) in [4.78, 5) is 0.211. The summed E-state index contributed by atoms with van der Waals surface area (Å²) in [6.07, 6.45) is 3.57. The van der Waals surface area contributed by atoms with Crippen molar-refractivity contribution in [1.82, 2.24) is 5.32 Å². The van der Waals surface area contributed by atoms with Crippen LogP contribution >= 0.6 is 0 Å². The van der Waals surface area contributed by atoms with E-state index in [0.717, 1.165) is 25.7 Å². The Bertz CT molecular complexity index is 671.